The zero-order chi connectivity index (χ0) is 17.8. The fourth-order valence-electron chi connectivity index (χ4n) is 1.97. The average molecular weight is 406 g/mol. The highest BCUT2D eigenvalue weighted by atomic mass is 35.5. The minimum Gasteiger partial charge on any atom is -0.319 e. The summed E-state index contributed by atoms with van der Waals surface area (Å²) in [5.41, 5.74) is 1.75. The molecule has 0 bridgehead atoms. The van der Waals surface area contributed by atoms with Gasteiger partial charge in [-0.2, -0.15) is 16.6 Å². The molecule has 25 heavy (non-hydrogen) atoms. The fourth-order valence-corrected chi connectivity index (χ4v) is 3.95. The molecule has 2 heterocycles. The van der Waals surface area contributed by atoms with Gasteiger partial charge in [-0.3, -0.25) is 4.79 Å². The van der Waals surface area contributed by atoms with Crippen molar-refractivity contribution in [1.29, 1.82) is 5.26 Å². The molecule has 1 aromatic carbocycles. The number of benzene rings is 1. The summed E-state index contributed by atoms with van der Waals surface area (Å²) in [4.78, 5) is 16.8. The largest absolute Gasteiger partial charge is 0.319 e. The predicted molar refractivity (Wildman–Crippen MR) is 104 cm³/mol. The zero-order valence-electron chi connectivity index (χ0n) is 12.5. The lowest BCUT2D eigenvalue weighted by atomic mass is 10.2. The number of hydrogen-bond acceptors (Lipinski definition) is 5. The molecule has 0 fully saturated rings. The van der Waals surface area contributed by atoms with E-state index in [0.29, 0.717) is 15.7 Å². The first-order valence-corrected chi connectivity index (χ1v) is 9.51. The van der Waals surface area contributed by atoms with Gasteiger partial charge in [0.15, 0.2) is 0 Å². The van der Waals surface area contributed by atoms with Gasteiger partial charge >= 0.3 is 0 Å². The van der Waals surface area contributed by atoms with Crippen molar-refractivity contribution < 1.29 is 4.79 Å². The minimum absolute atomic E-state index is 0.0850. The molecule has 4 nitrogen and oxygen atoms in total. The lowest BCUT2D eigenvalue weighted by Gasteiger charge is -2.08. The lowest BCUT2D eigenvalue weighted by Crippen LogP contribution is -2.14. The third-order valence-electron chi connectivity index (χ3n) is 3.15. The number of amides is 1. The van der Waals surface area contributed by atoms with Crippen LogP contribution in [-0.4, -0.2) is 10.9 Å². The Hall–Kier alpha value is -2.17. The normalized spacial score (nSPS) is 11.2. The third-order valence-corrected chi connectivity index (χ3v) is 5.37. The van der Waals surface area contributed by atoms with Crippen LogP contribution in [-0.2, 0) is 4.79 Å². The van der Waals surface area contributed by atoms with Gasteiger partial charge < -0.3 is 5.32 Å². The second-order valence-corrected chi connectivity index (χ2v) is 7.26. The van der Waals surface area contributed by atoms with E-state index in [1.54, 1.807) is 34.9 Å². The van der Waals surface area contributed by atoms with Gasteiger partial charge in [-0.15, -0.1) is 11.3 Å². The Morgan fingerprint density at radius 2 is 2.00 bits per heavy atom. The second kappa shape index (κ2) is 7.81. The van der Waals surface area contributed by atoms with Crippen molar-refractivity contribution in [2.75, 3.05) is 5.32 Å². The summed E-state index contributed by atoms with van der Waals surface area (Å²) in [6, 6.07) is 8.73. The Morgan fingerprint density at radius 3 is 2.64 bits per heavy atom. The minimum atomic E-state index is -0.595. The maximum absolute atomic E-state index is 12.3. The molecule has 0 aliphatic heterocycles. The van der Waals surface area contributed by atoms with E-state index >= 15 is 0 Å². The highest BCUT2D eigenvalue weighted by Crippen LogP contribution is 2.30. The SMILES string of the molecule is N#CC(=Cc1csc(-c2ccsc2)n1)C(=O)Nc1c(Cl)cccc1Cl. The summed E-state index contributed by atoms with van der Waals surface area (Å²) in [6.07, 6.45) is 1.44. The Bertz CT molecular complexity index is 967. The van der Waals surface area contributed by atoms with Crippen molar-refractivity contribution >= 4 is 63.5 Å². The second-order valence-electron chi connectivity index (χ2n) is 4.81. The molecule has 3 aromatic rings. The first-order chi connectivity index (χ1) is 12.1. The number of nitriles is 1. The molecule has 0 unspecified atom stereocenters. The van der Waals surface area contributed by atoms with Crippen LogP contribution < -0.4 is 5.32 Å². The number of rotatable bonds is 4. The molecular weight excluding hydrogens is 397 g/mol. The number of carbonyl (C=O) groups excluding carboxylic acids is 1. The number of hydrogen-bond donors (Lipinski definition) is 1. The van der Waals surface area contributed by atoms with E-state index in [2.05, 4.69) is 10.3 Å². The van der Waals surface area contributed by atoms with E-state index in [0.717, 1.165) is 10.6 Å². The Balaban J connectivity index is 1.83. The van der Waals surface area contributed by atoms with Crippen molar-refractivity contribution in [2.24, 2.45) is 0 Å². The Morgan fingerprint density at radius 1 is 1.24 bits per heavy atom. The average Bonchev–Trinajstić information content (AvgIpc) is 3.27. The molecule has 0 aliphatic carbocycles. The number of nitrogens with zero attached hydrogens (tertiary/aromatic N) is 2. The molecular formula is C17H9Cl2N3OS2. The van der Waals surface area contributed by atoms with Crippen LogP contribution in [0.25, 0.3) is 16.6 Å². The number of aromatic nitrogens is 1. The van der Waals surface area contributed by atoms with E-state index in [1.807, 2.05) is 22.9 Å². The molecule has 8 heteroatoms. The van der Waals surface area contributed by atoms with Crippen molar-refractivity contribution in [1.82, 2.24) is 4.98 Å². The monoisotopic (exact) mass is 405 g/mol. The molecule has 3 rings (SSSR count). The van der Waals surface area contributed by atoms with E-state index < -0.39 is 5.91 Å². The summed E-state index contributed by atoms with van der Waals surface area (Å²) in [6.45, 7) is 0. The van der Waals surface area contributed by atoms with E-state index in [9.17, 15) is 10.1 Å². The van der Waals surface area contributed by atoms with Crippen molar-refractivity contribution in [3.63, 3.8) is 0 Å². The van der Waals surface area contributed by atoms with Crippen LogP contribution in [0, 0.1) is 11.3 Å². The van der Waals surface area contributed by atoms with Gasteiger partial charge in [-0.25, -0.2) is 4.98 Å². The molecule has 2 aromatic heterocycles. The lowest BCUT2D eigenvalue weighted by molar-refractivity contribution is -0.112. The number of carbonyl (C=O) groups is 1. The maximum Gasteiger partial charge on any atom is 0.266 e. The van der Waals surface area contributed by atoms with Crippen LogP contribution >= 0.6 is 45.9 Å². The standard InChI is InChI=1S/C17H9Cl2N3OS2/c18-13-2-1-3-14(19)15(13)22-16(23)11(7-20)6-12-9-25-17(21-12)10-4-5-24-8-10/h1-6,8-9H,(H,22,23). The number of thiophene rings is 1. The highest BCUT2D eigenvalue weighted by Gasteiger charge is 2.14. The van der Waals surface area contributed by atoms with Crippen molar-refractivity contribution in [3.05, 3.63) is 61.7 Å². The van der Waals surface area contributed by atoms with Crippen LogP contribution in [0.15, 0.2) is 46.0 Å². The maximum atomic E-state index is 12.3. The van der Waals surface area contributed by atoms with Gasteiger partial charge in [-0.05, 0) is 29.7 Å². The van der Waals surface area contributed by atoms with Gasteiger partial charge in [0, 0.05) is 16.3 Å². The number of anilines is 1. The summed E-state index contributed by atoms with van der Waals surface area (Å²) in [5.74, 6) is -0.595. The van der Waals surface area contributed by atoms with Crippen LogP contribution in [0.5, 0.6) is 0 Å². The van der Waals surface area contributed by atoms with Gasteiger partial charge in [0.05, 0.1) is 21.4 Å². The smallest absolute Gasteiger partial charge is 0.266 e. The molecule has 0 atom stereocenters. The van der Waals surface area contributed by atoms with Crippen molar-refractivity contribution in [2.45, 2.75) is 0 Å². The molecule has 0 aliphatic rings. The first-order valence-electron chi connectivity index (χ1n) is 6.93. The molecule has 1 N–H and O–H groups in total. The summed E-state index contributed by atoms with van der Waals surface area (Å²) >= 11 is 15.1. The van der Waals surface area contributed by atoms with E-state index in [1.165, 1.54) is 17.4 Å². The molecule has 124 valence electrons. The molecule has 0 spiro atoms. The van der Waals surface area contributed by atoms with Gasteiger partial charge in [0.25, 0.3) is 5.91 Å². The van der Waals surface area contributed by atoms with E-state index in [-0.39, 0.29) is 11.3 Å². The summed E-state index contributed by atoms with van der Waals surface area (Å²) in [7, 11) is 0. The van der Waals surface area contributed by atoms with Crippen molar-refractivity contribution in [3.8, 4) is 16.6 Å². The third kappa shape index (κ3) is 4.09. The molecule has 0 saturated heterocycles. The number of halogens is 2. The number of nitrogens with one attached hydrogen (secondary N) is 1. The molecule has 0 saturated carbocycles. The molecule has 1 amide bonds. The predicted octanol–water partition coefficient (Wildman–Crippen LogP) is 5.72. The van der Waals surface area contributed by atoms with Gasteiger partial charge in [-0.1, -0.05) is 29.3 Å². The quantitative estimate of drug-likeness (QED) is 0.445. The number of thiazole rings is 1. The molecule has 0 radical (unpaired) electrons. The van der Waals surface area contributed by atoms with Gasteiger partial charge in [0.2, 0.25) is 0 Å². The summed E-state index contributed by atoms with van der Waals surface area (Å²) in [5, 5.41) is 19.0. The van der Waals surface area contributed by atoms with Crippen LogP contribution in [0.2, 0.25) is 10.0 Å². The van der Waals surface area contributed by atoms with Gasteiger partial charge in [0.1, 0.15) is 16.6 Å². The fraction of sp³-hybridized carbons (Fsp3) is 0. The van der Waals surface area contributed by atoms with Crippen LogP contribution in [0.4, 0.5) is 5.69 Å². The number of para-hydroxylation sites is 1. The Labute approximate surface area is 162 Å². The zero-order valence-corrected chi connectivity index (χ0v) is 15.6. The van der Waals surface area contributed by atoms with Crippen LogP contribution in [0.1, 0.15) is 5.69 Å². The summed E-state index contributed by atoms with van der Waals surface area (Å²) < 4.78 is 0. The highest BCUT2D eigenvalue weighted by molar-refractivity contribution is 7.14. The first kappa shape index (κ1) is 17.6. The van der Waals surface area contributed by atoms with Crippen LogP contribution in [0.3, 0.4) is 0 Å². The Kier molecular flexibility index (Phi) is 5.51. The topological polar surface area (TPSA) is 65.8 Å². The van der Waals surface area contributed by atoms with E-state index in [4.69, 9.17) is 23.2 Å².